The van der Waals surface area contributed by atoms with Crippen LogP contribution in [-0.2, 0) is 88.1 Å². The maximum absolute atomic E-state index is 13.7. The topological polar surface area (TPSA) is 490 Å². The largest absolute Gasteiger partial charge is 0.364 e. The van der Waals surface area contributed by atoms with Crippen molar-refractivity contribution in [3.05, 3.63) is 155 Å². The van der Waals surface area contributed by atoms with Crippen molar-refractivity contribution in [2.75, 3.05) is 39.7 Å². The van der Waals surface area contributed by atoms with Crippen LogP contribution in [0.4, 0.5) is 16.5 Å². The highest BCUT2D eigenvalue weighted by molar-refractivity contribution is 7.91. The van der Waals surface area contributed by atoms with Crippen molar-refractivity contribution in [3.63, 3.8) is 0 Å². The van der Waals surface area contributed by atoms with Crippen molar-refractivity contribution in [1.29, 1.82) is 0 Å². The molecule has 5 aromatic carbocycles. The molecule has 496 valence electrons. The lowest BCUT2D eigenvalue weighted by Gasteiger charge is -2.32. The van der Waals surface area contributed by atoms with Crippen LogP contribution in [0.25, 0.3) is 27.1 Å². The molecule has 7 aromatic rings. The molecule has 2 amide bonds. The first-order valence-corrected chi connectivity index (χ1v) is 38.4. The fraction of sp³-hybridized carbons (Fsp3) is 0.255. The molecule has 0 fully saturated rings. The van der Waals surface area contributed by atoms with E-state index in [0.717, 1.165) is 12.1 Å². The van der Waals surface area contributed by atoms with Crippen LogP contribution in [0, 0.1) is 0 Å². The Morgan fingerprint density at radius 1 is 0.624 bits per heavy atom. The molecule has 93 heavy (non-hydrogen) atoms. The van der Waals surface area contributed by atoms with E-state index in [1.807, 2.05) is 0 Å². The van der Waals surface area contributed by atoms with Crippen molar-refractivity contribution in [2.45, 2.75) is 87.9 Å². The van der Waals surface area contributed by atoms with Crippen LogP contribution in [0.15, 0.2) is 145 Å². The van der Waals surface area contributed by atoms with Gasteiger partial charge in [-0.05, 0) is 113 Å². The quantitative estimate of drug-likeness (QED) is 0.0233. The van der Waals surface area contributed by atoms with E-state index in [4.69, 9.17) is 5.14 Å². The number of aromatic nitrogens is 3. The van der Waals surface area contributed by atoms with Crippen molar-refractivity contribution in [3.8, 4) is 0 Å². The normalized spacial score (nSPS) is 16.7. The van der Waals surface area contributed by atoms with Crippen LogP contribution >= 0.6 is 11.3 Å². The maximum Gasteiger partial charge on any atom is 0.295 e. The van der Waals surface area contributed by atoms with Gasteiger partial charge >= 0.3 is 0 Å². The summed E-state index contributed by atoms with van der Waals surface area (Å²) in [7, 11) is -33.9. The third-order valence-corrected chi connectivity index (χ3v) is 22.7. The Hall–Kier alpha value is -7.54. The Morgan fingerprint density at radius 3 is 1.67 bits per heavy atom. The summed E-state index contributed by atoms with van der Waals surface area (Å²) < 4.78 is 234. The van der Waals surface area contributed by atoms with Crippen LogP contribution in [0.3, 0.4) is 0 Å². The van der Waals surface area contributed by atoms with Gasteiger partial charge < -0.3 is 15.1 Å². The van der Waals surface area contributed by atoms with Gasteiger partial charge in [-0.3, -0.25) is 47.2 Å². The monoisotopic (exact) mass is 1440 g/mol. The molecule has 0 saturated heterocycles. The average molecular weight is 1440 g/mol. The van der Waals surface area contributed by atoms with Crippen LogP contribution in [-0.4, -0.2) is 144 Å². The summed E-state index contributed by atoms with van der Waals surface area (Å²) in [5, 5.41) is 16.7. The Kier molecular flexibility index (Phi) is 18.7. The Balaban J connectivity index is 1.16. The van der Waals surface area contributed by atoms with E-state index >= 15 is 0 Å². The van der Waals surface area contributed by atoms with Crippen LogP contribution in [0.1, 0.15) is 83.6 Å². The zero-order valence-electron chi connectivity index (χ0n) is 48.8. The van der Waals surface area contributed by atoms with E-state index in [9.17, 15) is 95.8 Å². The summed E-state index contributed by atoms with van der Waals surface area (Å²) in [6, 6.07) is 16.5. The Labute approximate surface area is 537 Å². The predicted molar refractivity (Wildman–Crippen MR) is 340 cm³/mol. The summed E-state index contributed by atoms with van der Waals surface area (Å²) in [5.74, 6) is -2.76. The number of rotatable bonds is 22. The lowest BCUT2D eigenvalue weighted by molar-refractivity contribution is 0.0949. The number of anilines is 3. The van der Waals surface area contributed by atoms with E-state index in [-0.39, 0.29) is 98.4 Å². The first kappa shape index (κ1) is 69.8. The predicted octanol–water partition coefficient (Wildman–Crippen LogP) is 5.40. The molecule has 0 radical (unpaired) electrons. The second kappa shape index (κ2) is 25.0. The number of carbonyl (C=O) groups is 2. The van der Waals surface area contributed by atoms with Crippen LogP contribution in [0.2, 0.25) is 0 Å². The number of nitrogens with one attached hydrogen (secondary N) is 2. The van der Waals surface area contributed by atoms with Crippen LogP contribution in [0.5, 0.6) is 0 Å². The van der Waals surface area contributed by atoms with E-state index < -0.39 is 135 Å². The van der Waals surface area contributed by atoms with Gasteiger partial charge in [0.05, 0.1) is 38.6 Å². The van der Waals surface area contributed by atoms with E-state index in [0.29, 0.717) is 40.4 Å². The van der Waals surface area contributed by atoms with Crippen molar-refractivity contribution in [2.24, 2.45) is 5.14 Å². The molecule has 2 aliphatic heterocycles. The fourth-order valence-corrected chi connectivity index (χ4v) is 16.4. The second-order valence-electron chi connectivity index (χ2n) is 22.5. The minimum Gasteiger partial charge on any atom is -0.364 e. The number of carbonyl (C=O) groups excluding carboxylic acids is 2. The van der Waals surface area contributed by atoms with Crippen molar-refractivity contribution < 1.29 is 95.8 Å². The fourth-order valence-electron chi connectivity index (χ4n) is 11.4. The van der Waals surface area contributed by atoms with Crippen molar-refractivity contribution >= 4 is 138 Å². The molecule has 4 heterocycles. The highest BCUT2D eigenvalue weighted by atomic mass is 32.3. The summed E-state index contributed by atoms with van der Waals surface area (Å²) in [4.78, 5) is 31.0. The second-order valence-corrected chi connectivity index (χ2v) is 34.0. The van der Waals surface area contributed by atoms with E-state index in [1.165, 1.54) is 72.9 Å². The minimum atomic E-state index is -5.19. The number of pyridine rings is 1. The Morgan fingerprint density at radius 2 is 1.16 bits per heavy atom. The molecule has 1 unspecified atom stereocenters. The summed E-state index contributed by atoms with van der Waals surface area (Å²) >= 11 is 0.540. The SMILES string of the molecule is CC1(C)C(=CC=C(/C=C/C2N(CCCS(=O)(=O)O)c3ccc4c(S(=O)(=O)O)cc(S(=O)(=O)O)cc4c3C2(C)C)c2ccc(C(=O)NCc3ccc(C(=O)Nc4nnc(S(N)(=O)=O)s4)cc3)cn2)N(CCCS(=O)(=O)O)c2ccc3c(S(=O)(=O)O)cc(S(=O)(=O)O)cc3c21. The molecule has 0 aliphatic carbocycles. The standard InChI is InChI=1S/C55H56N8O22S8/c1-54(2)46(62(21-5-23-87(66,67)68)42-17-14-37-39(48(42)54)25-35(90(74,75)76)27-44(37)92(80,81)82)19-12-32(41-16-11-34(30-57-41)50(64)58-29-31-7-9-33(10-8-31)51(65)59-52-60-61-53(86-52)89(56,72)73)13-20-47-55(3,4)49-40-26-36(91(77,78)79)28-45(93(83,84)85)38(40)15-18-43(49)63(47)22-6-24-88(69,70)71/h7-20,25-28,30,46H,5-6,21-24,29H2,1-4H3,(H,58,64)(H2,56,72,73)(H,59,60,65)(H,66,67,68)(H,69,70,71)(H,74,75,76)(H,77,78,79)(H,80,81,82)(H,83,84,85)/b19-12+,32-13?,47-20?. The lowest BCUT2D eigenvalue weighted by atomic mass is 9.78. The molecular weight excluding hydrogens is 1380 g/mol. The van der Waals surface area contributed by atoms with Crippen molar-refractivity contribution in [1.82, 2.24) is 20.5 Å². The third kappa shape index (κ3) is 15.2. The number of benzene rings is 5. The number of amides is 2. The van der Waals surface area contributed by atoms with Gasteiger partial charge in [0, 0.05) is 70.1 Å². The first-order chi connectivity index (χ1) is 42.8. The summed E-state index contributed by atoms with van der Waals surface area (Å²) in [6.45, 7) is 6.30. The first-order valence-electron chi connectivity index (χ1n) is 27.0. The smallest absolute Gasteiger partial charge is 0.295 e. The zero-order chi connectivity index (χ0) is 68.6. The molecule has 10 N–H and O–H groups in total. The molecule has 1 atom stereocenters. The highest BCUT2D eigenvalue weighted by Gasteiger charge is 2.46. The number of sulfonamides is 1. The number of fused-ring (bicyclic) bond motifs is 6. The maximum atomic E-state index is 13.7. The van der Waals surface area contributed by atoms with Gasteiger partial charge in [0.1, 0.15) is 9.79 Å². The molecule has 2 aromatic heterocycles. The number of hydrogen-bond donors (Lipinski definition) is 9. The number of nitrogens with zero attached hydrogens (tertiary/aromatic N) is 5. The molecule has 2 aliphatic rings. The number of primary sulfonamides is 1. The van der Waals surface area contributed by atoms with E-state index in [1.54, 1.807) is 55.7 Å². The highest BCUT2D eigenvalue weighted by Crippen LogP contribution is 2.53. The van der Waals surface area contributed by atoms with Gasteiger partial charge in [0.2, 0.25) is 9.47 Å². The number of allylic oxidation sites excluding steroid dienone is 5. The van der Waals surface area contributed by atoms with Gasteiger partial charge in [-0.1, -0.05) is 81.5 Å². The van der Waals surface area contributed by atoms with E-state index in [2.05, 4.69) is 25.8 Å². The average Bonchev–Trinajstić information content (AvgIpc) is 1.61. The third-order valence-electron chi connectivity index (χ3n) is 15.5. The zero-order valence-corrected chi connectivity index (χ0v) is 55.3. The summed E-state index contributed by atoms with van der Waals surface area (Å²) in [5.41, 5.74) is -0.195. The molecule has 30 nitrogen and oxygen atoms in total. The lowest BCUT2D eigenvalue weighted by Crippen LogP contribution is -2.41. The van der Waals surface area contributed by atoms with Gasteiger partial charge in [0.15, 0.2) is 0 Å². The molecule has 0 spiro atoms. The van der Waals surface area contributed by atoms with Crippen LogP contribution < -0.4 is 25.6 Å². The number of hydrogen-bond acceptors (Lipinski definition) is 22. The molecule has 9 rings (SSSR count). The minimum absolute atomic E-state index is 0.0305. The molecule has 38 heteroatoms. The number of nitrogens with two attached hydrogens (primary N) is 1. The van der Waals surface area contributed by atoms with Gasteiger partial charge in [-0.2, -0.15) is 50.5 Å². The molecular formula is C55H56N8O22S8. The van der Waals surface area contributed by atoms with Gasteiger partial charge in [-0.25, -0.2) is 13.6 Å². The van der Waals surface area contributed by atoms with Gasteiger partial charge in [-0.15, -0.1) is 10.2 Å². The summed E-state index contributed by atoms with van der Waals surface area (Å²) in [6.07, 6.45) is 7.08. The molecule has 0 bridgehead atoms. The Bertz CT molecular complexity index is 5210. The molecule has 0 saturated carbocycles. The van der Waals surface area contributed by atoms with Gasteiger partial charge in [0.25, 0.3) is 82.5 Å².